The average Bonchev–Trinajstić information content (AvgIpc) is 2.87. The molecule has 1 aromatic heterocycles. The molecule has 1 fully saturated rings. The number of hydrogen-bond acceptors (Lipinski definition) is 4. The minimum atomic E-state index is -0.0632. The van der Waals surface area contributed by atoms with Crippen molar-refractivity contribution in [3.8, 4) is 0 Å². The van der Waals surface area contributed by atoms with E-state index >= 15 is 0 Å². The van der Waals surface area contributed by atoms with E-state index in [2.05, 4.69) is 37.1 Å². The molecular weight excluding hydrogens is 268 g/mol. The van der Waals surface area contributed by atoms with Crippen molar-refractivity contribution >= 4 is 11.3 Å². The summed E-state index contributed by atoms with van der Waals surface area (Å²) in [6.45, 7) is 9.41. The first kappa shape index (κ1) is 14.5. The van der Waals surface area contributed by atoms with E-state index in [1.165, 1.54) is 12.0 Å². The Morgan fingerprint density at radius 1 is 1.50 bits per heavy atom. The van der Waals surface area contributed by atoms with Crippen LogP contribution >= 0.6 is 11.3 Å². The van der Waals surface area contributed by atoms with Gasteiger partial charge in [-0.25, -0.2) is 0 Å². The zero-order valence-corrected chi connectivity index (χ0v) is 13.6. The molecule has 2 unspecified atom stereocenters. The van der Waals surface area contributed by atoms with Crippen molar-refractivity contribution in [3.05, 3.63) is 21.9 Å². The van der Waals surface area contributed by atoms with Gasteiger partial charge in [0.25, 0.3) is 0 Å². The maximum atomic E-state index is 6.25. The summed E-state index contributed by atoms with van der Waals surface area (Å²) in [7, 11) is 0. The molecule has 0 bridgehead atoms. The highest BCUT2D eigenvalue weighted by Gasteiger charge is 2.46. The zero-order chi connectivity index (χ0) is 14.4. The smallest absolute Gasteiger partial charge is 0.0644 e. The molecule has 3 rings (SSSR count). The van der Waals surface area contributed by atoms with Crippen molar-refractivity contribution in [2.45, 2.75) is 57.2 Å². The summed E-state index contributed by atoms with van der Waals surface area (Å²) in [6, 6.07) is 2.77. The van der Waals surface area contributed by atoms with Gasteiger partial charge in [0.1, 0.15) is 0 Å². The van der Waals surface area contributed by atoms with Crippen LogP contribution in [-0.2, 0) is 11.2 Å². The number of thiophene rings is 1. The molecule has 0 spiro atoms. The molecule has 4 heteroatoms. The van der Waals surface area contributed by atoms with Crippen molar-refractivity contribution in [1.29, 1.82) is 0 Å². The molecule has 0 radical (unpaired) electrons. The van der Waals surface area contributed by atoms with Gasteiger partial charge in [0.2, 0.25) is 0 Å². The third-order valence-corrected chi connectivity index (χ3v) is 6.08. The lowest BCUT2D eigenvalue weighted by Crippen LogP contribution is -2.62. The Morgan fingerprint density at radius 2 is 2.30 bits per heavy atom. The van der Waals surface area contributed by atoms with E-state index in [4.69, 9.17) is 10.5 Å². The van der Waals surface area contributed by atoms with E-state index in [1.54, 1.807) is 4.88 Å². The fourth-order valence-corrected chi connectivity index (χ4v) is 5.11. The maximum absolute atomic E-state index is 6.25. The molecule has 2 aliphatic heterocycles. The first-order chi connectivity index (χ1) is 9.47. The van der Waals surface area contributed by atoms with Crippen molar-refractivity contribution in [3.63, 3.8) is 0 Å². The molecule has 0 amide bonds. The fourth-order valence-electron chi connectivity index (χ4n) is 4.14. The lowest BCUT2D eigenvalue weighted by Gasteiger charge is -2.54. The quantitative estimate of drug-likeness (QED) is 0.911. The van der Waals surface area contributed by atoms with Gasteiger partial charge in [-0.1, -0.05) is 0 Å². The van der Waals surface area contributed by atoms with Gasteiger partial charge in [0.15, 0.2) is 0 Å². The molecule has 0 aromatic carbocycles. The van der Waals surface area contributed by atoms with Crippen molar-refractivity contribution in [2.24, 2.45) is 5.73 Å². The van der Waals surface area contributed by atoms with Gasteiger partial charge in [-0.2, -0.15) is 0 Å². The number of nitrogens with zero attached hydrogens (tertiary/aromatic N) is 1. The Labute approximate surface area is 126 Å². The van der Waals surface area contributed by atoms with Crippen LogP contribution in [0, 0.1) is 0 Å². The van der Waals surface area contributed by atoms with Crippen LogP contribution in [0.4, 0.5) is 0 Å². The predicted octanol–water partition coefficient (Wildman–Crippen LogP) is 2.95. The SMILES string of the molecule is CC1c2ccsc2CCN1C1(CN)CCOC(C)(C)C1. The summed E-state index contributed by atoms with van der Waals surface area (Å²) >= 11 is 1.90. The lowest BCUT2D eigenvalue weighted by molar-refractivity contribution is -0.127. The summed E-state index contributed by atoms with van der Waals surface area (Å²) < 4.78 is 5.92. The fraction of sp³-hybridized carbons (Fsp3) is 0.750. The molecule has 112 valence electrons. The lowest BCUT2D eigenvalue weighted by atomic mass is 9.77. The molecule has 3 heterocycles. The molecule has 2 aliphatic rings. The molecule has 1 aromatic rings. The van der Waals surface area contributed by atoms with Crippen LogP contribution in [-0.4, -0.2) is 35.7 Å². The molecule has 20 heavy (non-hydrogen) atoms. The second-order valence-corrected chi connectivity index (χ2v) is 7.88. The van der Waals surface area contributed by atoms with E-state index in [0.29, 0.717) is 6.04 Å². The molecule has 2 N–H and O–H groups in total. The van der Waals surface area contributed by atoms with Crippen LogP contribution in [0.25, 0.3) is 0 Å². The highest BCUT2D eigenvalue weighted by Crippen LogP contribution is 2.43. The Morgan fingerprint density at radius 3 is 3.00 bits per heavy atom. The minimum Gasteiger partial charge on any atom is -0.375 e. The Hall–Kier alpha value is -0.420. The van der Waals surface area contributed by atoms with Gasteiger partial charge >= 0.3 is 0 Å². The van der Waals surface area contributed by atoms with Gasteiger partial charge < -0.3 is 10.5 Å². The first-order valence-corrected chi connectivity index (χ1v) is 8.52. The minimum absolute atomic E-state index is 0.0632. The molecule has 1 saturated heterocycles. The number of rotatable bonds is 2. The van der Waals surface area contributed by atoms with Gasteiger partial charge in [0, 0.05) is 36.2 Å². The summed E-state index contributed by atoms with van der Waals surface area (Å²) in [5.74, 6) is 0. The van der Waals surface area contributed by atoms with Crippen LogP contribution in [0.5, 0.6) is 0 Å². The molecular formula is C16H26N2OS. The number of nitrogens with two attached hydrogens (primary N) is 1. The third kappa shape index (κ3) is 2.33. The summed E-state index contributed by atoms with van der Waals surface area (Å²) in [4.78, 5) is 4.22. The molecule has 2 atom stereocenters. The van der Waals surface area contributed by atoms with Crippen LogP contribution in [0.15, 0.2) is 11.4 Å². The second kappa shape index (κ2) is 5.09. The summed E-state index contributed by atoms with van der Waals surface area (Å²) in [5, 5.41) is 2.23. The third-order valence-electron chi connectivity index (χ3n) is 5.08. The standard InChI is InChI=1S/C16H26N2OS/c1-12-13-5-9-20-14(13)4-7-18(12)16(11-17)6-8-19-15(2,3)10-16/h5,9,12H,4,6-8,10-11,17H2,1-3H3. The van der Waals surface area contributed by atoms with E-state index < -0.39 is 0 Å². The zero-order valence-electron chi connectivity index (χ0n) is 12.8. The second-order valence-electron chi connectivity index (χ2n) is 6.88. The topological polar surface area (TPSA) is 38.5 Å². The van der Waals surface area contributed by atoms with Crippen molar-refractivity contribution in [1.82, 2.24) is 4.90 Å². The van der Waals surface area contributed by atoms with Gasteiger partial charge in [-0.15, -0.1) is 11.3 Å². The predicted molar refractivity (Wildman–Crippen MR) is 84.2 cm³/mol. The molecule has 0 saturated carbocycles. The molecule has 0 aliphatic carbocycles. The molecule has 3 nitrogen and oxygen atoms in total. The summed E-state index contributed by atoms with van der Waals surface area (Å²) in [6.07, 6.45) is 3.25. The van der Waals surface area contributed by atoms with Crippen molar-refractivity contribution < 1.29 is 4.74 Å². The van der Waals surface area contributed by atoms with E-state index in [0.717, 1.165) is 32.5 Å². The van der Waals surface area contributed by atoms with Crippen molar-refractivity contribution in [2.75, 3.05) is 19.7 Å². The monoisotopic (exact) mass is 294 g/mol. The largest absolute Gasteiger partial charge is 0.375 e. The first-order valence-electron chi connectivity index (χ1n) is 7.64. The van der Waals surface area contributed by atoms with Crippen LogP contribution in [0.3, 0.4) is 0 Å². The van der Waals surface area contributed by atoms with E-state index in [9.17, 15) is 0 Å². The number of fused-ring (bicyclic) bond motifs is 1. The highest BCUT2D eigenvalue weighted by atomic mass is 32.1. The Bertz CT molecular complexity index is 485. The number of hydrogen-bond donors (Lipinski definition) is 1. The average molecular weight is 294 g/mol. The maximum Gasteiger partial charge on any atom is 0.0644 e. The van der Waals surface area contributed by atoms with Gasteiger partial charge in [-0.05, 0) is 57.0 Å². The van der Waals surface area contributed by atoms with Gasteiger partial charge in [-0.3, -0.25) is 4.90 Å². The Balaban J connectivity index is 1.90. The van der Waals surface area contributed by atoms with E-state index in [-0.39, 0.29) is 11.1 Å². The Kier molecular flexibility index (Phi) is 3.70. The highest BCUT2D eigenvalue weighted by molar-refractivity contribution is 7.10. The number of ether oxygens (including phenoxy) is 1. The van der Waals surface area contributed by atoms with Crippen LogP contribution in [0.1, 0.15) is 50.1 Å². The normalized spacial score (nSPS) is 33.9. The van der Waals surface area contributed by atoms with Crippen LogP contribution < -0.4 is 5.73 Å². The summed E-state index contributed by atoms with van der Waals surface area (Å²) in [5.41, 5.74) is 7.80. The van der Waals surface area contributed by atoms with Crippen LogP contribution in [0.2, 0.25) is 0 Å². The van der Waals surface area contributed by atoms with E-state index in [1.807, 2.05) is 11.3 Å². The van der Waals surface area contributed by atoms with Gasteiger partial charge in [0.05, 0.1) is 5.60 Å².